The lowest BCUT2D eigenvalue weighted by molar-refractivity contribution is -0.182. The van der Waals surface area contributed by atoms with Crippen LogP contribution >= 0.6 is 0 Å². The van der Waals surface area contributed by atoms with Crippen molar-refractivity contribution in [2.45, 2.75) is 58.3 Å². The maximum Gasteiger partial charge on any atom is 0.401 e. The summed E-state index contributed by atoms with van der Waals surface area (Å²) < 4.78 is 62.6. The van der Waals surface area contributed by atoms with Crippen molar-refractivity contribution in [1.82, 2.24) is 60.4 Å². The zero-order chi connectivity index (χ0) is 42.5. The number of benzene rings is 1. The molecule has 18 nitrogen and oxygen atoms in total. The molecule has 7 heterocycles. The highest BCUT2D eigenvalue weighted by Gasteiger charge is 2.51. The molecular formula is C38H38F4N14O4. The number of hydrogen-bond acceptors (Lipinski definition) is 13. The summed E-state index contributed by atoms with van der Waals surface area (Å²) in [4.78, 5) is 59.9. The number of aromatic amines is 1. The number of carbonyl (C=O) groups is 3. The number of aromatic nitrogens is 9. The highest BCUT2D eigenvalue weighted by Crippen LogP contribution is 2.38. The minimum Gasteiger partial charge on any atom is -0.366 e. The van der Waals surface area contributed by atoms with Crippen molar-refractivity contribution in [2.75, 3.05) is 42.5 Å². The molecule has 312 valence electrons. The van der Waals surface area contributed by atoms with Crippen LogP contribution in [-0.2, 0) is 16.8 Å². The van der Waals surface area contributed by atoms with Gasteiger partial charge in [-0.1, -0.05) is 17.3 Å². The predicted molar refractivity (Wildman–Crippen MR) is 205 cm³/mol. The van der Waals surface area contributed by atoms with E-state index < -0.39 is 35.2 Å². The van der Waals surface area contributed by atoms with Gasteiger partial charge in [0.05, 0.1) is 30.8 Å². The smallest absolute Gasteiger partial charge is 0.366 e. The summed E-state index contributed by atoms with van der Waals surface area (Å²) in [5.74, 6) is -1.97. The molecule has 6 aromatic rings. The van der Waals surface area contributed by atoms with Gasteiger partial charge in [0.1, 0.15) is 22.7 Å². The maximum absolute atomic E-state index is 15.8. The number of anilines is 2. The molecule has 5 aromatic heterocycles. The van der Waals surface area contributed by atoms with E-state index in [1.54, 1.807) is 29.9 Å². The van der Waals surface area contributed by atoms with E-state index in [4.69, 9.17) is 4.52 Å². The number of alkyl halides is 3. The van der Waals surface area contributed by atoms with E-state index in [0.717, 1.165) is 25.1 Å². The van der Waals surface area contributed by atoms with Crippen LogP contribution in [-0.4, -0.2) is 107 Å². The number of rotatable bonds is 10. The number of halogens is 4. The highest BCUT2D eigenvalue weighted by atomic mass is 19.4. The maximum atomic E-state index is 15.8. The molecule has 8 rings (SSSR count). The summed E-state index contributed by atoms with van der Waals surface area (Å²) in [7, 11) is 0. The number of carbonyl (C=O) groups excluding carboxylic acids is 3. The fourth-order valence-corrected chi connectivity index (χ4v) is 6.96. The summed E-state index contributed by atoms with van der Waals surface area (Å²) in [6, 6.07) is 5.83. The zero-order valence-electron chi connectivity index (χ0n) is 32.7. The minimum atomic E-state index is -4.57. The lowest BCUT2D eigenvalue weighted by Gasteiger charge is -2.39. The fourth-order valence-electron chi connectivity index (χ4n) is 6.96. The number of urea groups is 1. The fraction of sp³-hybridized carbons (Fsp3) is 0.368. The molecule has 0 saturated carbocycles. The molecular weight excluding hydrogens is 793 g/mol. The van der Waals surface area contributed by atoms with Crippen LogP contribution in [0.2, 0.25) is 0 Å². The van der Waals surface area contributed by atoms with Crippen LogP contribution in [0.25, 0.3) is 28.3 Å². The molecule has 2 aliphatic rings. The van der Waals surface area contributed by atoms with Crippen LogP contribution in [0.15, 0.2) is 53.6 Å². The number of nitrogens with one attached hydrogen (secondary N) is 3. The Morgan fingerprint density at radius 2 is 1.78 bits per heavy atom. The second-order valence-corrected chi connectivity index (χ2v) is 15.0. The number of amides is 4. The van der Waals surface area contributed by atoms with E-state index in [-0.39, 0.29) is 54.6 Å². The van der Waals surface area contributed by atoms with Crippen LogP contribution in [0.1, 0.15) is 66.7 Å². The topological polar surface area (TPSA) is 209 Å². The average molecular weight is 831 g/mol. The SMILES string of the molecule is Cc1nc(-c2cc(C(=O)NCc3nc(C(C)(C)C(F)(F)F)n[nH]3)on2)ncc1-c1ccc(C(C)N2CCN(c3cnc4c(N5CCC(=O)NC5=O)cnn4c3)CC2)cc1F. The van der Waals surface area contributed by atoms with Crippen LogP contribution < -0.4 is 20.4 Å². The Hall–Kier alpha value is -6.84. The van der Waals surface area contributed by atoms with Gasteiger partial charge in [0.2, 0.25) is 11.7 Å². The van der Waals surface area contributed by atoms with Crippen LogP contribution in [0, 0.1) is 12.7 Å². The van der Waals surface area contributed by atoms with Crippen LogP contribution in [0.3, 0.4) is 0 Å². The Bertz CT molecular complexity index is 2610. The third-order valence-electron chi connectivity index (χ3n) is 10.8. The molecule has 2 saturated heterocycles. The summed E-state index contributed by atoms with van der Waals surface area (Å²) in [5, 5.41) is 19.1. The van der Waals surface area contributed by atoms with Crippen molar-refractivity contribution >= 4 is 34.9 Å². The second kappa shape index (κ2) is 15.4. The lowest BCUT2D eigenvalue weighted by atomic mass is 9.92. The molecule has 1 atom stereocenters. The zero-order valence-corrected chi connectivity index (χ0v) is 32.7. The summed E-state index contributed by atoms with van der Waals surface area (Å²) in [5.41, 5.74) is 1.79. The van der Waals surface area contributed by atoms with Crippen molar-refractivity contribution in [3.63, 3.8) is 0 Å². The Balaban J connectivity index is 0.869. The quantitative estimate of drug-likeness (QED) is 0.163. The molecule has 60 heavy (non-hydrogen) atoms. The van der Waals surface area contributed by atoms with Crippen LogP contribution in [0.4, 0.5) is 33.7 Å². The van der Waals surface area contributed by atoms with Gasteiger partial charge in [0, 0.05) is 74.3 Å². The molecule has 4 amide bonds. The van der Waals surface area contributed by atoms with Gasteiger partial charge >= 0.3 is 12.2 Å². The standard InChI is InChI=1S/C38H38F4N14O4/c1-20-25(16-43-32(47-20)27-14-29(60-52-27)34(58)45-18-30-48-35(51-50-30)37(3,4)38(40,41)42)24-6-5-22(13-26(24)39)21(2)53-9-11-54(12-10-53)23-15-44-33-28(17-46-56(33)19-23)55-8-7-31(57)49-36(55)59/h5-6,13-17,19,21H,7-12,18H2,1-4H3,(H,45,58)(H,48,50,51)(H,49,57,59). The second-order valence-electron chi connectivity index (χ2n) is 15.0. The number of fused-ring (bicyclic) bond motifs is 1. The van der Waals surface area contributed by atoms with Crippen molar-refractivity contribution in [1.29, 1.82) is 0 Å². The van der Waals surface area contributed by atoms with Gasteiger partial charge in [-0.2, -0.15) is 23.4 Å². The van der Waals surface area contributed by atoms with Gasteiger partial charge in [0.15, 0.2) is 23.0 Å². The van der Waals surface area contributed by atoms with E-state index in [2.05, 4.69) is 60.8 Å². The first-order valence-corrected chi connectivity index (χ1v) is 18.9. The number of nitrogens with zero attached hydrogens (tertiary/aromatic N) is 11. The average Bonchev–Trinajstić information content (AvgIpc) is 4.01. The normalized spacial score (nSPS) is 16.1. The van der Waals surface area contributed by atoms with Gasteiger partial charge < -0.3 is 14.7 Å². The van der Waals surface area contributed by atoms with E-state index in [1.165, 1.54) is 23.2 Å². The number of imide groups is 1. The molecule has 2 aliphatic heterocycles. The number of piperazine rings is 1. The predicted octanol–water partition coefficient (Wildman–Crippen LogP) is 4.51. The van der Waals surface area contributed by atoms with E-state index in [0.29, 0.717) is 54.3 Å². The first-order valence-electron chi connectivity index (χ1n) is 18.9. The number of H-pyrrole nitrogens is 1. The Labute approximate surface area is 338 Å². The Kier molecular flexibility index (Phi) is 10.3. The number of aryl methyl sites for hydroxylation is 1. The van der Waals surface area contributed by atoms with Gasteiger partial charge in [-0.25, -0.2) is 33.6 Å². The van der Waals surface area contributed by atoms with E-state index >= 15 is 4.39 Å². The summed E-state index contributed by atoms with van der Waals surface area (Å²) in [6.07, 6.45) is 2.27. The molecule has 2 fully saturated rings. The molecule has 3 N–H and O–H groups in total. The Morgan fingerprint density at radius 3 is 2.50 bits per heavy atom. The van der Waals surface area contributed by atoms with Gasteiger partial charge in [-0.3, -0.25) is 29.8 Å². The first kappa shape index (κ1) is 40.0. The van der Waals surface area contributed by atoms with E-state index in [9.17, 15) is 27.6 Å². The monoisotopic (exact) mass is 830 g/mol. The molecule has 0 spiro atoms. The molecule has 0 radical (unpaired) electrons. The van der Waals surface area contributed by atoms with E-state index in [1.807, 2.05) is 19.2 Å². The van der Waals surface area contributed by atoms with Gasteiger partial charge in [0.25, 0.3) is 5.91 Å². The van der Waals surface area contributed by atoms with Gasteiger partial charge in [-0.15, -0.1) is 0 Å². The highest BCUT2D eigenvalue weighted by molar-refractivity contribution is 6.07. The molecule has 22 heteroatoms. The molecule has 0 aliphatic carbocycles. The van der Waals surface area contributed by atoms with Crippen molar-refractivity contribution in [2.24, 2.45) is 0 Å². The van der Waals surface area contributed by atoms with Crippen molar-refractivity contribution in [3.8, 4) is 22.6 Å². The Morgan fingerprint density at radius 1 is 1.00 bits per heavy atom. The van der Waals surface area contributed by atoms with Crippen molar-refractivity contribution < 1.29 is 36.5 Å². The van der Waals surface area contributed by atoms with Crippen molar-refractivity contribution in [3.05, 3.63) is 83.5 Å². The molecule has 1 aromatic carbocycles. The molecule has 1 unspecified atom stereocenters. The number of hydrogen-bond donors (Lipinski definition) is 3. The first-order chi connectivity index (χ1) is 28.6. The van der Waals surface area contributed by atoms with Crippen LogP contribution in [0.5, 0.6) is 0 Å². The third kappa shape index (κ3) is 7.60. The third-order valence-corrected chi connectivity index (χ3v) is 10.8. The molecule has 0 bridgehead atoms. The summed E-state index contributed by atoms with van der Waals surface area (Å²) in [6.45, 7) is 8.45. The summed E-state index contributed by atoms with van der Waals surface area (Å²) >= 11 is 0. The largest absolute Gasteiger partial charge is 0.401 e. The lowest BCUT2D eigenvalue weighted by Crippen LogP contribution is -2.49. The minimum absolute atomic E-state index is 0.0157. The van der Waals surface area contributed by atoms with Gasteiger partial charge in [-0.05, 0) is 39.3 Å².